The second-order valence-corrected chi connectivity index (χ2v) is 3.44. The van der Waals surface area contributed by atoms with Crippen LogP contribution in [0.2, 0.25) is 0 Å². The highest BCUT2D eigenvalue weighted by atomic mass is 16.4. The van der Waals surface area contributed by atoms with Crippen molar-refractivity contribution in [2.24, 2.45) is 0 Å². The number of carbonyl (C=O) groups excluding carboxylic acids is 1. The van der Waals surface area contributed by atoms with Crippen LogP contribution in [0.15, 0.2) is 0 Å². The Labute approximate surface area is 91.8 Å². The van der Waals surface area contributed by atoms with Gasteiger partial charge in [0.05, 0.1) is 26.4 Å². The largest absolute Gasteiger partial charge is 0.394 e. The fourth-order valence-corrected chi connectivity index (χ4v) is 0.878. The van der Waals surface area contributed by atoms with Gasteiger partial charge in [-0.25, -0.2) is 0 Å². The van der Waals surface area contributed by atoms with Crippen molar-refractivity contribution in [2.75, 3.05) is 26.4 Å². The Morgan fingerprint density at radius 1 is 1.06 bits per heavy atom. The lowest BCUT2D eigenvalue weighted by atomic mass is 10.0. The predicted octanol–water partition coefficient (Wildman–Crippen LogP) is -4.47. The number of aliphatic hydroxyl groups is 6. The van der Waals surface area contributed by atoms with Gasteiger partial charge in [0.25, 0.3) is 5.91 Å². The van der Waals surface area contributed by atoms with E-state index in [2.05, 4.69) is 0 Å². The summed E-state index contributed by atoms with van der Waals surface area (Å²) in [6.07, 6.45) is -3.58. The molecule has 0 fully saturated rings. The van der Waals surface area contributed by atoms with Crippen LogP contribution < -0.4 is 5.32 Å². The highest BCUT2D eigenvalue weighted by Gasteiger charge is 2.34. The SMILES string of the molecule is O=C(NC(CO)(CO)CO)C(O)C(O)CO. The molecule has 7 N–H and O–H groups in total. The highest BCUT2D eigenvalue weighted by Crippen LogP contribution is 2.03. The van der Waals surface area contributed by atoms with Crippen molar-refractivity contribution in [3.63, 3.8) is 0 Å². The van der Waals surface area contributed by atoms with E-state index in [9.17, 15) is 4.79 Å². The van der Waals surface area contributed by atoms with E-state index in [0.29, 0.717) is 0 Å². The molecule has 0 spiro atoms. The van der Waals surface area contributed by atoms with Gasteiger partial charge in [0.1, 0.15) is 11.6 Å². The first-order chi connectivity index (χ1) is 7.46. The molecule has 0 aliphatic rings. The first kappa shape index (κ1) is 15.2. The monoisotopic (exact) mass is 239 g/mol. The number of amides is 1. The predicted molar refractivity (Wildman–Crippen MR) is 51.2 cm³/mol. The van der Waals surface area contributed by atoms with Crippen LogP contribution >= 0.6 is 0 Å². The number of hydrogen-bond donors (Lipinski definition) is 7. The molecule has 0 heterocycles. The van der Waals surface area contributed by atoms with Gasteiger partial charge < -0.3 is 36.0 Å². The topological polar surface area (TPSA) is 150 Å². The summed E-state index contributed by atoms with van der Waals surface area (Å²) >= 11 is 0. The average molecular weight is 239 g/mol. The molecule has 8 nitrogen and oxygen atoms in total. The molecular weight excluding hydrogens is 222 g/mol. The van der Waals surface area contributed by atoms with Crippen LogP contribution in [-0.4, -0.2) is 80.7 Å². The molecule has 0 rings (SSSR count). The molecule has 0 saturated carbocycles. The van der Waals surface area contributed by atoms with E-state index in [4.69, 9.17) is 30.6 Å². The highest BCUT2D eigenvalue weighted by molar-refractivity contribution is 5.82. The zero-order valence-electron chi connectivity index (χ0n) is 8.57. The third kappa shape index (κ3) is 3.67. The smallest absolute Gasteiger partial charge is 0.252 e. The van der Waals surface area contributed by atoms with Gasteiger partial charge in [0.2, 0.25) is 0 Å². The first-order valence-corrected chi connectivity index (χ1v) is 4.58. The van der Waals surface area contributed by atoms with Gasteiger partial charge in [-0.1, -0.05) is 0 Å². The minimum absolute atomic E-state index is 0.742. The van der Waals surface area contributed by atoms with Crippen LogP contribution in [0.4, 0.5) is 0 Å². The molecule has 0 bridgehead atoms. The van der Waals surface area contributed by atoms with E-state index in [1.54, 1.807) is 0 Å². The summed E-state index contributed by atoms with van der Waals surface area (Å²) < 4.78 is 0. The molecule has 0 aliphatic heterocycles. The molecule has 2 atom stereocenters. The molecular formula is C8H17NO7. The van der Waals surface area contributed by atoms with Crippen molar-refractivity contribution in [3.8, 4) is 0 Å². The zero-order chi connectivity index (χ0) is 12.8. The molecule has 16 heavy (non-hydrogen) atoms. The fourth-order valence-electron chi connectivity index (χ4n) is 0.878. The Bertz CT molecular complexity index is 210. The Hall–Kier alpha value is -0.770. The average Bonchev–Trinajstić information content (AvgIpc) is 2.33. The van der Waals surface area contributed by atoms with Crippen LogP contribution in [-0.2, 0) is 4.79 Å². The van der Waals surface area contributed by atoms with Crippen LogP contribution in [0.1, 0.15) is 0 Å². The van der Waals surface area contributed by atoms with E-state index in [-0.39, 0.29) is 0 Å². The van der Waals surface area contributed by atoms with Gasteiger partial charge in [0.15, 0.2) is 6.10 Å². The molecule has 0 saturated heterocycles. The normalized spacial score (nSPS) is 15.6. The van der Waals surface area contributed by atoms with Crippen LogP contribution in [0.3, 0.4) is 0 Å². The van der Waals surface area contributed by atoms with Gasteiger partial charge >= 0.3 is 0 Å². The quantitative estimate of drug-likeness (QED) is 0.237. The third-order valence-electron chi connectivity index (χ3n) is 2.12. The molecule has 0 aromatic carbocycles. The Kier molecular flexibility index (Phi) is 6.41. The molecule has 8 heteroatoms. The van der Waals surface area contributed by atoms with Crippen molar-refractivity contribution < 1.29 is 35.4 Å². The van der Waals surface area contributed by atoms with Crippen LogP contribution in [0, 0.1) is 0 Å². The van der Waals surface area contributed by atoms with Crippen molar-refractivity contribution in [3.05, 3.63) is 0 Å². The lowest BCUT2D eigenvalue weighted by Gasteiger charge is -2.30. The van der Waals surface area contributed by atoms with Gasteiger partial charge in [-0.2, -0.15) is 0 Å². The van der Waals surface area contributed by atoms with Crippen molar-refractivity contribution in [1.29, 1.82) is 0 Å². The number of hydrogen-bond acceptors (Lipinski definition) is 7. The molecule has 2 unspecified atom stereocenters. The van der Waals surface area contributed by atoms with Gasteiger partial charge in [-0.15, -0.1) is 0 Å². The Balaban J connectivity index is 4.52. The standard InChI is InChI=1S/C8H17NO7/c10-1-5(14)6(15)7(16)9-8(2-11,3-12)4-13/h5-6,10-15H,1-4H2,(H,9,16). The zero-order valence-corrected chi connectivity index (χ0v) is 8.57. The van der Waals surface area contributed by atoms with E-state index in [1.165, 1.54) is 0 Å². The fraction of sp³-hybridized carbons (Fsp3) is 0.875. The van der Waals surface area contributed by atoms with E-state index in [1.807, 2.05) is 5.32 Å². The van der Waals surface area contributed by atoms with Gasteiger partial charge in [0, 0.05) is 0 Å². The minimum atomic E-state index is -1.91. The first-order valence-electron chi connectivity index (χ1n) is 4.58. The molecule has 0 aromatic heterocycles. The Morgan fingerprint density at radius 2 is 1.50 bits per heavy atom. The maximum Gasteiger partial charge on any atom is 0.252 e. The maximum absolute atomic E-state index is 11.3. The van der Waals surface area contributed by atoms with Gasteiger partial charge in [-0.05, 0) is 0 Å². The second kappa shape index (κ2) is 6.74. The summed E-state index contributed by atoms with van der Waals surface area (Å²) in [5.41, 5.74) is -1.67. The summed E-state index contributed by atoms with van der Waals surface area (Å²) in [6, 6.07) is 0. The number of nitrogens with one attached hydrogen (secondary N) is 1. The Morgan fingerprint density at radius 3 is 1.81 bits per heavy atom. The van der Waals surface area contributed by atoms with E-state index >= 15 is 0 Å². The number of rotatable bonds is 7. The summed E-state index contributed by atoms with van der Waals surface area (Å²) in [6.45, 7) is -3.05. The summed E-state index contributed by atoms with van der Waals surface area (Å²) in [7, 11) is 0. The third-order valence-corrected chi connectivity index (χ3v) is 2.12. The maximum atomic E-state index is 11.3. The molecule has 0 aliphatic carbocycles. The van der Waals surface area contributed by atoms with Crippen LogP contribution in [0.5, 0.6) is 0 Å². The second-order valence-electron chi connectivity index (χ2n) is 3.44. The lowest BCUT2D eigenvalue weighted by Crippen LogP contribution is -2.60. The lowest BCUT2D eigenvalue weighted by molar-refractivity contribution is -0.141. The van der Waals surface area contributed by atoms with E-state index < -0.39 is 50.1 Å². The van der Waals surface area contributed by atoms with E-state index in [0.717, 1.165) is 0 Å². The van der Waals surface area contributed by atoms with Crippen LogP contribution in [0.25, 0.3) is 0 Å². The summed E-state index contributed by atoms with van der Waals surface area (Å²) in [5, 5.41) is 55.2. The summed E-state index contributed by atoms with van der Waals surface area (Å²) in [4.78, 5) is 11.3. The summed E-state index contributed by atoms with van der Waals surface area (Å²) in [5.74, 6) is -1.11. The number of aliphatic hydroxyl groups excluding tert-OH is 6. The molecule has 96 valence electrons. The number of carbonyl (C=O) groups is 1. The molecule has 1 amide bonds. The van der Waals surface area contributed by atoms with Crippen molar-refractivity contribution in [2.45, 2.75) is 17.7 Å². The minimum Gasteiger partial charge on any atom is -0.394 e. The molecule has 0 aromatic rings. The van der Waals surface area contributed by atoms with Gasteiger partial charge in [-0.3, -0.25) is 4.79 Å². The molecule has 0 radical (unpaired) electrons. The van der Waals surface area contributed by atoms with Crippen molar-refractivity contribution in [1.82, 2.24) is 5.32 Å². The van der Waals surface area contributed by atoms with Crippen molar-refractivity contribution >= 4 is 5.91 Å².